The van der Waals surface area contributed by atoms with Crippen LogP contribution >= 0.6 is 0 Å². The molecule has 13 nitrogen and oxygen atoms in total. The quantitative estimate of drug-likeness (QED) is 0.237. The Morgan fingerprint density at radius 2 is 0.758 bits per heavy atom. The molecule has 3 aliphatic heterocycles. The Morgan fingerprint density at radius 3 is 0.848 bits per heavy atom. The van der Waals surface area contributed by atoms with Gasteiger partial charge in [0.2, 0.25) is 0 Å². The maximum absolute atomic E-state index is 10.3. The van der Waals surface area contributed by atoms with E-state index in [4.69, 9.17) is 25.5 Å². The highest BCUT2D eigenvalue weighted by atomic mass is 16.4. The van der Waals surface area contributed by atoms with Gasteiger partial charge in [-0.1, -0.05) is 19.3 Å². The molecule has 3 saturated heterocycles. The largest absolute Gasteiger partial charge is 0.480 e. The first-order valence-electron chi connectivity index (χ1n) is 10.7. The summed E-state index contributed by atoms with van der Waals surface area (Å²) in [5.41, 5.74) is 0. The lowest BCUT2D eigenvalue weighted by Crippen LogP contribution is -2.40. The van der Waals surface area contributed by atoms with E-state index >= 15 is 0 Å². The molecule has 3 atom stereocenters. The summed E-state index contributed by atoms with van der Waals surface area (Å²) in [6.45, 7) is 2.57. The van der Waals surface area contributed by atoms with Crippen molar-refractivity contribution < 1.29 is 45.4 Å². The van der Waals surface area contributed by atoms with E-state index in [0.29, 0.717) is 0 Å². The first kappa shape index (κ1) is 38.4. The van der Waals surface area contributed by atoms with Gasteiger partial charge in [0.1, 0.15) is 18.1 Å². The van der Waals surface area contributed by atoms with Crippen molar-refractivity contribution in [3.8, 4) is 0 Å². The average molecular weight is 487 g/mol. The Morgan fingerprint density at radius 1 is 0.545 bits per heavy atom. The number of hydrogen-bond donors (Lipinski definition) is 9. The molecule has 0 aromatic heterocycles. The SMILES string of the molecule is CO.CO.N.O.O=C(O)C1CCCCN1.O=C(O)[C@H]1CCCCN1.O=C(O)[C@H]1CCCCN1. The van der Waals surface area contributed by atoms with Gasteiger partial charge < -0.3 is 53.1 Å². The number of aliphatic hydroxyl groups excluding tert-OH is 2. The van der Waals surface area contributed by atoms with Gasteiger partial charge in [-0.3, -0.25) is 14.4 Å². The molecule has 3 rings (SSSR count). The fraction of sp³-hybridized carbons (Fsp3) is 0.850. The van der Waals surface area contributed by atoms with Gasteiger partial charge in [-0.2, -0.15) is 0 Å². The number of rotatable bonds is 3. The van der Waals surface area contributed by atoms with E-state index in [-0.39, 0.29) is 29.8 Å². The molecule has 3 aliphatic rings. The summed E-state index contributed by atoms with van der Waals surface area (Å²) in [7, 11) is 2.00. The molecule has 13 heteroatoms. The average Bonchev–Trinajstić information content (AvgIpc) is 2.84. The van der Waals surface area contributed by atoms with Crippen molar-refractivity contribution in [2.75, 3.05) is 33.9 Å². The van der Waals surface area contributed by atoms with Crippen LogP contribution in [0.3, 0.4) is 0 Å². The third-order valence-electron chi connectivity index (χ3n) is 4.83. The van der Waals surface area contributed by atoms with Crippen molar-refractivity contribution in [1.82, 2.24) is 22.1 Å². The molecule has 0 amide bonds. The van der Waals surface area contributed by atoms with Gasteiger partial charge in [-0.15, -0.1) is 0 Å². The van der Waals surface area contributed by atoms with Gasteiger partial charge in [0, 0.05) is 14.2 Å². The summed E-state index contributed by atoms with van der Waals surface area (Å²) in [6, 6.07) is -0.837. The number of piperidine rings is 3. The van der Waals surface area contributed by atoms with E-state index in [1.54, 1.807) is 0 Å². The monoisotopic (exact) mass is 486 g/mol. The first-order chi connectivity index (χ1) is 14.9. The number of hydrogen-bond acceptors (Lipinski definition) is 9. The third kappa shape index (κ3) is 20.5. The Kier molecular flexibility index (Phi) is 30.7. The first-order valence-corrected chi connectivity index (χ1v) is 10.7. The number of carboxylic acid groups (broad SMARTS) is 3. The second kappa shape index (κ2) is 26.4. The van der Waals surface area contributed by atoms with Crippen LogP contribution in [-0.2, 0) is 14.4 Å². The zero-order valence-electron chi connectivity index (χ0n) is 19.9. The van der Waals surface area contributed by atoms with E-state index in [1.165, 1.54) is 0 Å². The van der Waals surface area contributed by atoms with E-state index in [9.17, 15) is 14.4 Å². The molecule has 0 saturated carbocycles. The van der Waals surface area contributed by atoms with Gasteiger partial charge >= 0.3 is 17.9 Å². The normalized spacial score (nSPS) is 23.1. The van der Waals surface area contributed by atoms with E-state index in [1.807, 2.05) is 0 Å². The molecule has 1 unspecified atom stereocenters. The molecular weight excluding hydrogens is 440 g/mol. The molecule has 0 aromatic rings. The van der Waals surface area contributed by atoms with Gasteiger partial charge in [0.25, 0.3) is 0 Å². The fourth-order valence-electron chi connectivity index (χ4n) is 3.19. The zero-order valence-corrected chi connectivity index (χ0v) is 19.9. The molecule has 0 aromatic carbocycles. The van der Waals surface area contributed by atoms with Crippen molar-refractivity contribution in [3.05, 3.63) is 0 Å². The second-order valence-electron chi connectivity index (χ2n) is 7.02. The van der Waals surface area contributed by atoms with E-state index in [0.717, 1.165) is 91.6 Å². The van der Waals surface area contributed by atoms with Gasteiger partial charge in [-0.05, 0) is 58.2 Å². The van der Waals surface area contributed by atoms with Gasteiger partial charge in [0.05, 0.1) is 0 Å². The van der Waals surface area contributed by atoms with Crippen LogP contribution in [0.2, 0.25) is 0 Å². The molecule has 3 heterocycles. The minimum atomic E-state index is -0.713. The number of carboxylic acids is 3. The van der Waals surface area contributed by atoms with Crippen LogP contribution in [0, 0.1) is 0 Å². The number of aliphatic hydroxyl groups is 2. The molecule has 3 fully saturated rings. The Balaban J connectivity index is -0.000000172. The topological polar surface area (TPSA) is 255 Å². The molecule has 0 spiro atoms. The number of carbonyl (C=O) groups is 3. The lowest BCUT2D eigenvalue weighted by molar-refractivity contribution is -0.141. The molecule has 0 bridgehead atoms. The fourth-order valence-corrected chi connectivity index (χ4v) is 3.19. The smallest absolute Gasteiger partial charge is 0.320 e. The van der Waals surface area contributed by atoms with Gasteiger partial charge in [-0.25, -0.2) is 0 Å². The highest BCUT2D eigenvalue weighted by molar-refractivity contribution is 5.74. The summed E-state index contributed by atoms with van der Waals surface area (Å²) in [5.74, 6) is -2.14. The van der Waals surface area contributed by atoms with Crippen molar-refractivity contribution in [3.63, 3.8) is 0 Å². The molecular formula is C20H46N4O9. The molecule has 0 radical (unpaired) electrons. The zero-order chi connectivity index (χ0) is 24.1. The predicted molar refractivity (Wildman–Crippen MR) is 125 cm³/mol. The van der Waals surface area contributed by atoms with Crippen LogP contribution in [0.4, 0.5) is 0 Å². The van der Waals surface area contributed by atoms with Crippen molar-refractivity contribution in [2.24, 2.45) is 0 Å². The Labute approximate surface area is 195 Å². The summed E-state index contributed by atoms with van der Waals surface area (Å²) in [4.78, 5) is 30.9. The highest BCUT2D eigenvalue weighted by Crippen LogP contribution is 2.07. The van der Waals surface area contributed by atoms with Crippen LogP contribution in [0.5, 0.6) is 0 Å². The lowest BCUT2D eigenvalue weighted by Gasteiger charge is -2.18. The lowest BCUT2D eigenvalue weighted by atomic mass is 10.1. The maximum Gasteiger partial charge on any atom is 0.320 e. The Hall–Kier alpha value is -1.87. The second-order valence-corrected chi connectivity index (χ2v) is 7.02. The predicted octanol–water partition coefficient (Wildman–Crippen LogP) is -0.806. The summed E-state index contributed by atoms with van der Waals surface area (Å²) in [6.07, 6.45) is 8.84. The van der Waals surface area contributed by atoms with Gasteiger partial charge in [0.15, 0.2) is 0 Å². The molecule has 0 aliphatic carbocycles. The number of aliphatic carboxylic acids is 3. The summed E-state index contributed by atoms with van der Waals surface area (Å²) >= 11 is 0. The molecule has 33 heavy (non-hydrogen) atoms. The van der Waals surface area contributed by atoms with Crippen molar-refractivity contribution >= 4 is 17.9 Å². The summed E-state index contributed by atoms with van der Waals surface area (Å²) in [5, 5.41) is 48.2. The minimum Gasteiger partial charge on any atom is -0.480 e. The van der Waals surface area contributed by atoms with Crippen LogP contribution in [0.15, 0.2) is 0 Å². The van der Waals surface area contributed by atoms with Crippen LogP contribution < -0.4 is 22.1 Å². The maximum atomic E-state index is 10.3. The highest BCUT2D eigenvalue weighted by Gasteiger charge is 2.19. The van der Waals surface area contributed by atoms with E-state index in [2.05, 4.69) is 16.0 Å². The standard InChI is InChI=1S/3C6H11NO2.2CH4O.H3N.H2O/c3*8-6(9)5-3-1-2-4-7-5;2*1-2;;/h3*5,7H,1-4H2,(H,8,9);2*2H,1H3;1H3;1H2/t2*5-;;;;;/m11...../s1. The van der Waals surface area contributed by atoms with Crippen molar-refractivity contribution in [1.29, 1.82) is 0 Å². The molecule has 13 N–H and O–H groups in total. The third-order valence-corrected chi connectivity index (χ3v) is 4.83. The van der Waals surface area contributed by atoms with Crippen LogP contribution in [0.25, 0.3) is 0 Å². The van der Waals surface area contributed by atoms with Crippen molar-refractivity contribution in [2.45, 2.75) is 75.9 Å². The van der Waals surface area contributed by atoms with Crippen LogP contribution in [-0.4, -0.2) is 101 Å². The van der Waals surface area contributed by atoms with E-state index < -0.39 is 17.9 Å². The Bertz CT molecular complexity index is 400. The van der Waals surface area contributed by atoms with Crippen LogP contribution in [0.1, 0.15) is 57.8 Å². The minimum absolute atomic E-state index is 0. The summed E-state index contributed by atoms with van der Waals surface area (Å²) < 4.78 is 0. The number of nitrogens with one attached hydrogen (secondary N) is 3. The molecule has 200 valence electrons.